The Morgan fingerprint density at radius 3 is 2.00 bits per heavy atom. The molecule has 1 rings (SSSR count). The lowest BCUT2D eigenvalue weighted by molar-refractivity contribution is -0.158. The molecule has 0 aliphatic heterocycles. The first kappa shape index (κ1) is 17.9. The summed E-state index contributed by atoms with van der Waals surface area (Å²) in [6.07, 6.45) is 2.42. The lowest BCUT2D eigenvalue weighted by atomic mass is 10.0. The van der Waals surface area contributed by atoms with Crippen molar-refractivity contribution >= 4 is 28.1 Å². The monoisotopic (exact) mass is 328 g/mol. The number of rotatable bonds is 6. The molecule has 0 aromatic heterocycles. The maximum absolute atomic E-state index is 11.7. The minimum atomic E-state index is -4.73. The summed E-state index contributed by atoms with van der Waals surface area (Å²) in [5, 5.41) is -1.81. The molecule has 7 nitrogen and oxygen atoms in total. The minimum absolute atomic E-state index is 0.629. The summed E-state index contributed by atoms with van der Waals surface area (Å²) < 4.78 is 41.2. The summed E-state index contributed by atoms with van der Waals surface area (Å²) >= 11 is 0. The van der Waals surface area contributed by atoms with E-state index in [9.17, 15) is 22.6 Å². The molecule has 0 aliphatic rings. The molecular formula is C14H16O7S. The molecule has 0 saturated heterocycles. The van der Waals surface area contributed by atoms with Crippen LogP contribution in [0.5, 0.6) is 0 Å². The van der Waals surface area contributed by atoms with E-state index in [0.29, 0.717) is 5.56 Å². The van der Waals surface area contributed by atoms with Crippen molar-refractivity contribution in [3.63, 3.8) is 0 Å². The Kier molecular flexibility index (Phi) is 6.26. The van der Waals surface area contributed by atoms with Crippen LogP contribution in [-0.2, 0) is 29.2 Å². The first-order valence-corrected chi connectivity index (χ1v) is 7.66. The number of ether oxygens (including phenoxy) is 2. The molecule has 1 unspecified atom stereocenters. The van der Waals surface area contributed by atoms with Gasteiger partial charge in [-0.15, -0.1) is 0 Å². The molecule has 0 spiro atoms. The maximum atomic E-state index is 11.7. The first-order valence-electron chi connectivity index (χ1n) is 6.16. The van der Waals surface area contributed by atoms with Crippen LogP contribution in [0.3, 0.4) is 0 Å². The smallest absolute Gasteiger partial charge is 0.321 e. The fourth-order valence-corrected chi connectivity index (χ4v) is 2.61. The summed E-state index contributed by atoms with van der Waals surface area (Å²) in [4.78, 5) is 23.4. The Bertz CT molecular complexity index is 633. The predicted octanol–water partition coefficient (Wildman–Crippen LogP) is 0.918. The van der Waals surface area contributed by atoms with Gasteiger partial charge in [0.2, 0.25) is 0 Å². The molecule has 8 heteroatoms. The molecule has 1 atom stereocenters. The van der Waals surface area contributed by atoms with E-state index >= 15 is 0 Å². The van der Waals surface area contributed by atoms with E-state index in [2.05, 4.69) is 9.47 Å². The van der Waals surface area contributed by atoms with Gasteiger partial charge in [-0.25, -0.2) is 0 Å². The van der Waals surface area contributed by atoms with Gasteiger partial charge in [0.25, 0.3) is 10.1 Å². The fourth-order valence-electron chi connectivity index (χ4n) is 1.77. The minimum Gasteiger partial charge on any atom is -0.468 e. The van der Waals surface area contributed by atoms with Gasteiger partial charge >= 0.3 is 11.9 Å². The number of benzene rings is 1. The first-order chi connectivity index (χ1) is 10.3. The Balaban J connectivity index is 3.24. The summed E-state index contributed by atoms with van der Waals surface area (Å²) in [6.45, 7) is 0. The lowest BCUT2D eigenvalue weighted by Crippen LogP contribution is -2.40. The molecule has 0 bridgehead atoms. The van der Waals surface area contributed by atoms with Crippen molar-refractivity contribution in [3.8, 4) is 0 Å². The highest BCUT2D eigenvalue weighted by molar-refractivity contribution is 7.86. The van der Waals surface area contributed by atoms with Crippen LogP contribution in [0.4, 0.5) is 0 Å². The average molecular weight is 328 g/mol. The van der Waals surface area contributed by atoms with Crippen molar-refractivity contribution in [2.24, 2.45) is 5.92 Å². The molecule has 1 aromatic carbocycles. The molecular weight excluding hydrogens is 312 g/mol. The van der Waals surface area contributed by atoms with Crippen molar-refractivity contribution in [1.29, 1.82) is 0 Å². The van der Waals surface area contributed by atoms with Crippen molar-refractivity contribution in [2.45, 2.75) is 5.25 Å². The number of carbonyl (C=O) groups excluding carboxylic acids is 2. The van der Waals surface area contributed by atoms with Crippen LogP contribution < -0.4 is 0 Å². The van der Waals surface area contributed by atoms with E-state index in [-0.39, 0.29) is 0 Å². The molecule has 1 aromatic rings. The summed E-state index contributed by atoms with van der Waals surface area (Å²) in [5.74, 6) is -4.05. The van der Waals surface area contributed by atoms with E-state index in [1.807, 2.05) is 0 Å². The summed E-state index contributed by atoms with van der Waals surface area (Å²) in [7, 11) is -2.73. The second kappa shape index (κ2) is 7.71. The Hall–Kier alpha value is -2.19. The van der Waals surface area contributed by atoms with Gasteiger partial charge in [0, 0.05) is 0 Å². The molecule has 0 radical (unpaired) electrons. The topological polar surface area (TPSA) is 107 Å². The van der Waals surface area contributed by atoms with Gasteiger partial charge in [0.15, 0.2) is 5.92 Å². The van der Waals surface area contributed by atoms with E-state index in [1.165, 1.54) is 6.08 Å². The van der Waals surface area contributed by atoms with Gasteiger partial charge < -0.3 is 9.47 Å². The largest absolute Gasteiger partial charge is 0.468 e. The zero-order valence-corrected chi connectivity index (χ0v) is 12.8. The van der Waals surface area contributed by atoms with Gasteiger partial charge in [-0.2, -0.15) is 8.42 Å². The average Bonchev–Trinajstić information content (AvgIpc) is 2.49. The number of hydrogen-bond acceptors (Lipinski definition) is 6. The summed E-state index contributed by atoms with van der Waals surface area (Å²) in [6, 6.07) is 8.58. The molecule has 0 aliphatic carbocycles. The third kappa shape index (κ3) is 4.68. The number of methoxy groups -OCH3 is 2. The molecule has 0 amide bonds. The van der Waals surface area contributed by atoms with Crippen molar-refractivity contribution < 1.29 is 32.0 Å². The van der Waals surface area contributed by atoms with Crippen molar-refractivity contribution in [2.75, 3.05) is 14.2 Å². The normalized spacial score (nSPS) is 13.1. The van der Waals surface area contributed by atoms with E-state index < -0.39 is 33.2 Å². The third-order valence-corrected chi connectivity index (χ3v) is 3.98. The van der Waals surface area contributed by atoms with Crippen LogP contribution in [0.1, 0.15) is 5.56 Å². The van der Waals surface area contributed by atoms with E-state index in [0.717, 1.165) is 20.3 Å². The molecule has 22 heavy (non-hydrogen) atoms. The molecule has 120 valence electrons. The number of hydrogen-bond donors (Lipinski definition) is 1. The molecule has 0 saturated carbocycles. The zero-order chi connectivity index (χ0) is 16.8. The Morgan fingerprint density at radius 2 is 1.59 bits per heavy atom. The molecule has 0 heterocycles. The lowest BCUT2D eigenvalue weighted by Gasteiger charge is -2.18. The molecule has 0 fully saturated rings. The zero-order valence-electron chi connectivity index (χ0n) is 12.0. The van der Waals surface area contributed by atoms with E-state index in [4.69, 9.17) is 0 Å². The molecule has 1 N–H and O–H groups in total. The Labute approximate surface area is 128 Å². The van der Waals surface area contributed by atoms with E-state index in [1.54, 1.807) is 30.3 Å². The maximum Gasteiger partial charge on any atom is 0.321 e. The Morgan fingerprint density at radius 1 is 1.09 bits per heavy atom. The highest BCUT2D eigenvalue weighted by atomic mass is 32.2. The number of carbonyl (C=O) groups is 2. The van der Waals surface area contributed by atoms with Crippen LogP contribution in [0.2, 0.25) is 0 Å². The van der Waals surface area contributed by atoms with Crippen LogP contribution in [0, 0.1) is 5.92 Å². The summed E-state index contributed by atoms with van der Waals surface area (Å²) in [5.41, 5.74) is 0.629. The standard InChI is InChI=1S/C14H16O7S/c1-20-13(15)12(14(16)21-2)11(22(17,18)19)9-8-10-6-4-3-5-7-10/h3-9,11-12H,1-2H3,(H,17,18,19). The van der Waals surface area contributed by atoms with Crippen LogP contribution in [-0.4, -0.2) is 44.4 Å². The van der Waals surface area contributed by atoms with Gasteiger partial charge in [-0.1, -0.05) is 42.5 Å². The highest BCUT2D eigenvalue weighted by Gasteiger charge is 2.42. The number of esters is 2. The quantitative estimate of drug-likeness (QED) is 0.470. The van der Waals surface area contributed by atoms with Gasteiger partial charge in [-0.05, 0) is 5.56 Å². The van der Waals surface area contributed by atoms with Gasteiger partial charge in [0.1, 0.15) is 5.25 Å². The third-order valence-electron chi connectivity index (χ3n) is 2.86. The van der Waals surface area contributed by atoms with Gasteiger partial charge in [0.05, 0.1) is 14.2 Å². The predicted molar refractivity (Wildman–Crippen MR) is 78.3 cm³/mol. The van der Waals surface area contributed by atoms with Crippen LogP contribution >= 0.6 is 0 Å². The van der Waals surface area contributed by atoms with Crippen LogP contribution in [0.15, 0.2) is 36.4 Å². The van der Waals surface area contributed by atoms with Crippen molar-refractivity contribution in [3.05, 3.63) is 42.0 Å². The van der Waals surface area contributed by atoms with Crippen molar-refractivity contribution in [1.82, 2.24) is 0 Å². The second-order valence-electron chi connectivity index (χ2n) is 4.27. The SMILES string of the molecule is COC(=O)C(C(=O)OC)C(C=Cc1ccccc1)S(=O)(=O)O. The second-order valence-corrected chi connectivity index (χ2v) is 5.85. The van der Waals surface area contributed by atoms with Crippen LogP contribution in [0.25, 0.3) is 6.08 Å². The fraction of sp³-hybridized carbons (Fsp3) is 0.286. The van der Waals surface area contributed by atoms with Gasteiger partial charge in [-0.3, -0.25) is 14.1 Å². The highest BCUT2D eigenvalue weighted by Crippen LogP contribution is 2.19.